The van der Waals surface area contributed by atoms with Gasteiger partial charge in [-0.15, -0.1) is 0 Å². The second-order valence-corrected chi connectivity index (χ2v) is 17.6. The molecule has 1 fully saturated rings. The Hall–Kier alpha value is -2.33. The van der Waals surface area contributed by atoms with Crippen molar-refractivity contribution in [2.45, 2.75) is 173 Å². The van der Waals surface area contributed by atoms with Gasteiger partial charge in [0.25, 0.3) is 7.82 Å². The molecule has 0 saturated carbocycles. The maximum atomic E-state index is 12.7. The van der Waals surface area contributed by atoms with Crippen LogP contribution in [-0.2, 0) is 37.4 Å². The smallest absolute Gasteiger partial charge is 0.306 e. The Morgan fingerprint density at radius 3 is 1.95 bits per heavy atom. The second-order valence-electron chi connectivity index (χ2n) is 16.2. The highest BCUT2D eigenvalue weighted by atomic mass is 31.2. The Bertz CT molecular complexity index is 1220. The number of hydrogen-bond acceptors (Lipinski definition) is 9. The van der Waals surface area contributed by atoms with Crippen molar-refractivity contribution in [2.24, 2.45) is 0 Å². The number of phosphoric acid groups is 1. The second kappa shape index (κ2) is 34.5. The van der Waals surface area contributed by atoms with E-state index in [1.807, 2.05) is 51.5 Å². The highest BCUT2D eigenvalue weighted by Gasteiger charge is 2.35. The molecule has 0 N–H and O–H groups in total. The summed E-state index contributed by atoms with van der Waals surface area (Å²) in [7, 11) is 1.09. The summed E-state index contributed by atoms with van der Waals surface area (Å²) in [4.78, 5) is 37.6. The van der Waals surface area contributed by atoms with Crippen molar-refractivity contribution in [3.05, 3.63) is 60.8 Å². The molecular weight excluding hydrogens is 741 g/mol. The van der Waals surface area contributed by atoms with Crippen LogP contribution in [0.15, 0.2) is 60.8 Å². The highest BCUT2D eigenvalue weighted by molar-refractivity contribution is 7.45. The molecule has 10 nitrogen and oxygen atoms in total. The number of likely N-dealkylation sites (N-methyl/N-ethyl adjacent to an activating group) is 1. The van der Waals surface area contributed by atoms with E-state index in [0.717, 1.165) is 44.9 Å². The van der Waals surface area contributed by atoms with Crippen molar-refractivity contribution < 1.29 is 46.8 Å². The van der Waals surface area contributed by atoms with Crippen LogP contribution in [0.4, 0.5) is 0 Å². The lowest BCUT2D eigenvalue weighted by Gasteiger charge is -2.28. The summed E-state index contributed by atoms with van der Waals surface area (Å²) in [5.74, 6) is -0.943. The number of unbranched alkanes of at least 4 members (excludes halogenated alkanes) is 14. The number of esters is 2. The molecule has 0 aliphatic carbocycles. The Balaban J connectivity index is 2.38. The third kappa shape index (κ3) is 35.3. The quantitative estimate of drug-likeness (QED) is 0.0114. The van der Waals surface area contributed by atoms with Gasteiger partial charge in [0.2, 0.25) is 0 Å². The van der Waals surface area contributed by atoms with Gasteiger partial charge in [-0.05, 0) is 64.2 Å². The average Bonchev–Trinajstić information content (AvgIpc) is 3.91. The summed E-state index contributed by atoms with van der Waals surface area (Å²) in [6.45, 7) is 4.06. The monoisotopic (exact) mass is 822 g/mol. The number of carbonyl (C=O) groups excluding carboxylic acids is 2. The molecule has 1 aliphatic heterocycles. The summed E-state index contributed by atoms with van der Waals surface area (Å²) < 4.78 is 39.6. The molecule has 0 aromatic rings. The Labute approximate surface area is 347 Å². The van der Waals surface area contributed by atoms with Crippen molar-refractivity contribution in [3.63, 3.8) is 0 Å². The zero-order valence-corrected chi connectivity index (χ0v) is 37.4. The number of nitrogens with zero attached hydrogens (tertiary/aromatic N) is 1. The minimum absolute atomic E-state index is 0.0197. The third-order valence-electron chi connectivity index (χ3n) is 9.48. The SMILES string of the molecule is CCCCC/C=C/C/C=C/C=C\C=C/C1OC1CCCC(=O)OC(COC(=O)CCCCCCC/C=C\CCCCCCCC)COP(=O)([O-])OCC[N+](C)(C)C. The van der Waals surface area contributed by atoms with Gasteiger partial charge < -0.3 is 32.6 Å². The van der Waals surface area contributed by atoms with Gasteiger partial charge in [0, 0.05) is 12.8 Å². The van der Waals surface area contributed by atoms with Crippen LogP contribution in [0, 0.1) is 0 Å². The fourth-order valence-corrected chi connectivity index (χ4v) is 6.60. The standard InChI is InChI=1S/C46H80NO9P/c1-6-8-10-12-14-16-18-20-21-22-24-26-28-30-32-36-45(48)52-40-42(41-54-57(50,51)53-39-38-47(3,4)5)55-46(49)37-33-35-44-43(56-44)34-31-29-27-25-23-19-17-15-13-11-9-7-2/h15,17,20-21,23,25,27,29,31,34,42-44H,6-14,16,18-19,22,24,26,28,30,32-33,35-41H2,1-5H3/b17-15+,21-20-,25-23+,29-27-,34-31-. The molecule has 328 valence electrons. The van der Waals surface area contributed by atoms with Crippen LogP contribution >= 0.6 is 7.82 Å². The van der Waals surface area contributed by atoms with Crippen LogP contribution in [0.5, 0.6) is 0 Å². The molecule has 1 rings (SSSR count). The first kappa shape index (κ1) is 52.7. The van der Waals surface area contributed by atoms with Crippen LogP contribution in [0.1, 0.15) is 155 Å². The van der Waals surface area contributed by atoms with Gasteiger partial charge in [-0.1, -0.05) is 139 Å². The Morgan fingerprint density at radius 1 is 0.684 bits per heavy atom. The van der Waals surface area contributed by atoms with Crippen LogP contribution in [0.2, 0.25) is 0 Å². The topological polar surface area (TPSA) is 124 Å². The van der Waals surface area contributed by atoms with Crippen LogP contribution in [0.25, 0.3) is 0 Å². The normalized spacial score (nSPS) is 17.7. The number of quaternary nitrogens is 1. The van der Waals surface area contributed by atoms with Gasteiger partial charge in [0.15, 0.2) is 6.10 Å². The summed E-state index contributed by atoms with van der Waals surface area (Å²) in [5, 5.41) is 0. The van der Waals surface area contributed by atoms with E-state index in [9.17, 15) is 19.0 Å². The van der Waals surface area contributed by atoms with Crippen LogP contribution < -0.4 is 4.89 Å². The Morgan fingerprint density at radius 2 is 1.26 bits per heavy atom. The van der Waals surface area contributed by atoms with E-state index < -0.39 is 32.5 Å². The molecule has 0 spiro atoms. The average molecular weight is 822 g/mol. The predicted octanol–water partition coefficient (Wildman–Crippen LogP) is 10.8. The maximum Gasteiger partial charge on any atom is 0.306 e. The molecule has 4 atom stereocenters. The highest BCUT2D eigenvalue weighted by Crippen LogP contribution is 2.38. The lowest BCUT2D eigenvalue weighted by molar-refractivity contribution is -0.870. The Kier molecular flexibility index (Phi) is 31.9. The molecule has 0 aromatic carbocycles. The van der Waals surface area contributed by atoms with Gasteiger partial charge in [-0.3, -0.25) is 14.2 Å². The largest absolute Gasteiger partial charge is 0.756 e. The van der Waals surface area contributed by atoms with Gasteiger partial charge in [-0.2, -0.15) is 0 Å². The molecular formula is C46H80NO9P. The van der Waals surface area contributed by atoms with Crippen molar-refractivity contribution in [2.75, 3.05) is 47.5 Å². The minimum Gasteiger partial charge on any atom is -0.756 e. The molecule has 4 unspecified atom stereocenters. The number of carbonyl (C=O) groups is 2. The number of phosphoric ester groups is 1. The lowest BCUT2D eigenvalue weighted by atomic mass is 10.1. The molecule has 1 aliphatic rings. The van der Waals surface area contributed by atoms with Crippen molar-refractivity contribution >= 4 is 19.8 Å². The number of epoxide rings is 1. The molecule has 0 amide bonds. The lowest BCUT2D eigenvalue weighted by Crippen LogP contribution is -2.37. The molecule has 0 aromatic heterocycles. The first-order valence-corrected chi connectivity index (χ1v) is 23.6. The molecule has 11 heteroatoms. The molecule has 0 bridgehead atoms. The van der Waals surface area contributed by atoms with E-state index in [1.54, 1.807) is 0 Å². The molecule has 1 heterocycles. The van der Waals surface area contributed by atoms with E-state index >= 15 is 0 Å². The maximum absolute atomic E-state index is 12.7. The zero-order chi connectivity index (χ0) is 41.9. The zero-order valence-electron chi connectivity index (χ0n) is 36.5. The number of rotatable bonds is 38. The number of ether oxygens (including phenoxy) is 3. The van der Waals surface area contributed by atoms with Crippen molar-refractivity contribution in [3.8, 4) is 0 Å². The first-order chi connectivity index (χ1) is 27.5. The minimum atomic E-state index is -4.66. The summed E-state index contributed by atoms with van der Waals surface area (Å²) in [6, 6.07) is 0. The summed E-state index contributed by atoms with van der Waals surface area (Å²) in [6.07, 6.45) is 42.7. The van der Waals surface area contributed by atoms with E-state index in [-0.39, 0.29) is 38.3 Å². The fourth-order valence-electron chi connectivity index (χ4n) is 5.87. The van der Waals surface area contributed by atoms with Gasteiger partial charge in [-0.25, -0.2) is 0 Å². The van der Waals surface area contributed by atoms with Crippen molar-refractivity contribution in [1.82, 2.24) is 0 Å². The number of hydrogen-bond donors (Lipinski definition) is 0. The fraction of sp³-hybridized carbons (Fsp3) is 0.739. The molecule has 57 heavy (non-hydrogen) atoms. The van der Waals surface area contributed by atoms with Crippen molar-refractivity contribution in [1.29, 1.82) is 0 Å². The summed E-state index contributed by atoms with van der Waals surface area (Å²) >= 11 is 0. The van der Waals surface area contributed by atoms with Gasteiger partial charge >= 0.3 is 11.9 Å². The van der Waals surface area contributed by atoms with Gasteiger partial charge in [0.1, 0.15) is 25.9 Å². The van der Waals surface area contributed by atoms with Crippen LogP contribution in [-0.4, -0.2) is 82.2 Å². The number of allylic oxidation sites excluding steroid dienone is 9. The van der Waals surface area contributed by atoms with E-state index in [4.69, 9.17) is 23.3 Å². The van der Waals surface area contributed by atoms with E-state index in [1.165, 1.54) is 64.2 Å². The van der Waals surface area contributed by atoms with Crippen LogP contribution in [0.3, 0.4) is 0 Å². The van der Waals surface area contributed by atoms with E-state index in [2.05, 4.69) is 44.2 Å². The first-order valence-electron chi connectivity index (χ1n) is 22.2. The van der Waals surface area contributed by atoms with E-state index in [0.29, 0.717) is 30.3 Å². The molecule has 0 radical (unpaired) electrons. The predicted molar refractivity (Wildman–Crippen MR) is 231 cm³/mol. The van der Waals surface area contributed by atoms with Gasteiger partial charge in [0.05, 0.1) is 33.9 Å². The summed E-state index contributed by atoms with van der Waals surface area (Å²) in [5.41, 5.74) is 0. The third-order valence-corrected chi connectivity index (χ3v) is 10.4. The molecule has 1 saturated heterocycles.